The molecule has 1 aliphatic heterocycles. The largest absolute Gasteiger partial charge is 0.345 e. The van der Waals surface area contributed by atoms with Crippen molar-refractivity contribution >= 4 is 5.91 Å². The van der Waals surface area contributed by atoms with Crippen LogP contribution in [0.5, 0.6) is 0 Å². The lowest BCUT2D eigenvalue weighted by molar-refractivity contribution is -0.131. The van der Waals surface area contributed by atoms with Crippen LogP contribution in [-0.4, -0.2) is 58.7 Å². The van der Waals surface area contributed by atoms with Crippen LogP contribution in [-0.2, 0) is 17.8 Å². The number of carbonyl (C=O) groups excluding carboxylic acids is 1. The van der Waals surface area contributed by atoms with Crippen LogP contribution >= 0.6 is 0 Å². The minimum absolute atomic E-state index is 0.211. The third kappa shape index (κ3) is 5.93. The lowest BCUT2D eigenvalue weighted by atomic mass is 9.96. The van der Waals surface area contributed by atoms with Crippen molar-refractivity contribution in [1.29, 1.82) is 0 Å². The summed E-state index contributed by atoms with van der Waals surface area (Å²) in [6.07, 6.45) is 7.73. The van der Waals surface area contributed by atoms with Crippen molar-refractivity contribution in [3.05, 3.63) is 53.9 Å². The third-order valence-corrected chi connectivity index (χ3v) is 5.63. The van der Waals surface area contributed by atoms with E-state index >= 15 is 0 Å². The summed E-state index contributed by atoms with van der Waals surface area (Å²) in [5, 5.41) is 4.16. The highest BCUT2D eigenvalue weighted by Gasteiger charge is 2.22. The van der Waals surface area contributed by atoms with E-state index in [4.69, 9.17) is 0 Å². The van der Waals surface area contributed by atoms with Gasteiger partial charge in [0.05, 0.1) is 0 Å². The van der Waals surface area contributed by atoms with Gasteiger partial charge in [-0.05, 0) is 55.8 Å². The predicted octanol–water partition coefficient (Wildman–Crippen LogP) is 2.99. The number of amides is 1. The predicted molar refractivity (Wildman–Crippen MR) is 109 cm³/mol. The van der Waals surface area contributed by atoms with Gasteiger partial charge in [-0.25, -0.2) is 0 Å². The summed E-state index contributed by atoms with van der Waals surface area (Å²) >= 11 is 0. The van der Waals surface area contributed by atoms with Crippen LogP contribution in [0.4, 0.5) is 0 Å². The van der Waals surface area contributed by atoms with Crippen LogP contribution in [0.25, 0.3) is 0 Å². The van der Waals surface area contributed by atoms with Crippen molar-refractivity contribution < 1.29 is 4.79 Å². The van der Waals surface area contributed by atoms with Crippen LogP contribution < -0.4 is 0 Å². The highest BCUT2D eigenvalue weighted by Crippen LogP contribution is 2.19. The second kappa shape index (κ2) is 9.70. The van der Waals surface area contributed by atoms with E-state index < -0.39 is 0 Å². The molecule has 0 unspecified atom stereocenters. The van der Waals surface area contributed by atoms with E-state index in [1.165, 1.54) is 30.5 Å². The highest BCUT2D eigenvalue weighted by molar-refractivity contribution is 5.75. The monoisotopic (exact) mass is 368 g/mol. The summed E-state index contributed by atoms with van der Waals surface area (Å²) < 4.78 is 1.82. The zero-order valence-corrected chi connectivity index (χ0v) is 16.7. The number of aromatic nitrogens is 2. The van der Waals surface area contributed by atoms with Crippen molar-refractivity contribution in [3.63, 3.8) is 0 Å². The maximum Gasteiger partial charge on any atom is 0.224 e. The molecule has 1 saturated heterocycles. The molecule has 5 nitrogen and oxygen atoms in total. The maximum absolute atomic E-state index is 12.4. The molecular formula is C22H32N4O. The summed E-state index contributed by atoms with van der Waals surface area (Å²) in [7, 11) is 1.94. The Kier molecular flexibility index (Phi) is 7.04. The Morgan fingerprint density at radius 1 is 1.26 bits per heavy atom. The molecule has 0 spiro atoms. The van der Waals surface area contributed by atoms with E-state index in [0.29, 0.717) is 18.9 Å². The molecule has 1 atom stereocenters. The summed E-state index contributed by atoms with van der Waals surface area (Å²) in [5.41, 5.74) is 2.83. The van der Waals surface area contributed by atoms with E-state index in [1.54, 1.807) is 6.20 Å². The second-order valence-electron chi connectivity index (χ2n) is 7.78. The second-order valence-corrected chi connectivity index (χ2v) is 7.78. The van der Waals surface area contributed by atoms with Crippen LogP contribution in [0.15, 0.2) is 42.7 Å². The molecule has 0 bridgehead atoms. The molecule has 1 aliphatic rings. The first kappa shape index (κ1) is 19.6. The molecule has 0 saturated carbocycles. The van der Waals surface area contributed by atoms with Crippen molar-refractivity contribution in [1.82, 2.24) is 19.6 Å². The molecule has 2 heterocycles. The van der Waals surface area contributed by atoms with Gasteiger partial charge in [-0.3, -0.25) is 9.48 Å². The number of piperidine rings is 1. The van der Waals surface area contributed by atoms with E-state index in [2.05, 4.69) is 41.2 Å². The van der Waals surface area contributed by atoms with E-state index in [0.717, 1.165) is 26.1 Å². The molecule has 2 aromatic rings. The van der Waals surface area contributed by atoms with Crippen LogP contribution in [0.3, 0.4) is 0 Å². The Morgan fingerprint density at radius 3 is 2.89 bits per heavy atom. The van der Waals surface area contributed by atoms with Gasteiger partial charge in [0.25, 0.3) is 0 Å². The molecule has 5 heteroatoms. The number of benzene rings is 1. The van der Waals surface area contributed by atoms with Gasteiger partial charge < -0.3 is 9.80 Å². The van der Waals surface area contributed by atoms with Gasteiger partial charge in [0.1, 0.15) is 0 Å². The first-order valence-electron chi connectivity index (χ1n) is 10.1. The molecule has 146 valence electrons. The number of hydrogen-bond acceptors (Lipinski definition) is 3. The molecule has 3 rings (SSSR count). The third-order valence-electron chi connectivity index (χ3n) is 5.63. The van der Waals surface area contributed by atoms with Gasteiger partial charge in [-0.1, -0.05) is 24.3 Å². The smallest absolute Gasteiger partial charge is 0.224 e. The first-order chi connectivity index (χ1) is 13.1. The Balaban J connectivity index is 1.42. The lowest BCUT2D eigenvalue weighted by Crippen LogP contribution is -2.42. The molecule has 1 aromatic heterocycles. The number of likely N-dealkylation sites (tertiary alicyclic amines) is 1. The van der Waals surface area contributed by atoms with Gasteiger partial charge in [-0.2, -0.15) is 5.10 Å². The van der Waals surface area contributed by atoms with Crippen LogP contribution in [0.1, 0.15) is 30.4 Å². The zero-order valence-electron chi connectivity index (χ0n) is 16.7. The quantitative estimate of drug-likeness (QED) is 0.719. The fraction of sp³-hybridized carbons (Fsp3) is 0.545. The van der Waals surface area contributed by atoms with Gasteiger partial charge in [0.15, 0.2) is 0 Å². The minimum atomic E-state index is 0.211. The molecule has 27 heavy (non-hydrogen) atoms. The maximum atomic E-state index is 12.4. The van der Waals surface area contributed by atoms with Gasteiger partial charge in [-0.15, -0.1) is 0 Å². The summed E-state index contributed by atoms with van der Waals surface area (Å²) in [6, 6.07) is 10.6. The summed E-state index contributed by atoms with van der Waals surface area (Å²) in [5.74, 6) is 0.789. The van der Waals surface area contributed by atoms with Crippen molar-refractivity contribution in [2.24, 2.45) is 5.92 Å². The number of nitrogens with zero attached hydrogens (tertiary/aromatic N) is 4. The van der Waals surface area contributed by atoms with Crippen molar-refractivity contribution in [2.75, 3.05) is 33.2 Å². The normalized spacial score (nSPS) is 17.8. The molecule has 1 fully saturated rings. The van der Waals surface area contributed by atoms with E-state index in [9.17, 15) is 4.79 Å². The molecular weight excluding hydrogens is 336 g/mol. The van der Waals surface area contributed by atoms with Crippen LogP contribution in [0.2, 0.25) is 0 Å². The fourth-order valence-electron chi connectivity index (χ4n) is 4.00. The summed E-state index contributed by atoms with van der Waals surface area (Å²) in [4.78, 5) is 16.9. The number of aryl methyl sites for hydroxylation is 2. The highest BCUT2D eigenvalue weighted by atomic mass is 16.2. The topological polar surface area (TPSA) is 41.4 Å². The molecule has 0 N–H and O–H groups in total. The van der Waals surface area contributed by atoms with Gasteiger partial charge in [0, 0.05) is 52.0 Å². The summed E-state index contributed by atoms with van der Waals surface area (Å²) in [6.45, 7) is 7.10. The van der Waals surface area contributed by atoms with E-state index in [1.807, 2.05) is 28.9 Å². The zero-order chi connectivity index (χ0) is 19.1. The Morgan fingerprint density at radius 2 is 2.11 bits per heavy atom. The van der Waals surface area contributed by atoms with Crippen molar-refractivity contribution in [2.45, 2.75) is 39.2 Å². The average Bonchev–Trinajstić information content (AvgIpc) is 3.19. The molecule has 1 amide bonds. The Labute approximate surface area is 163 Å². The number of rotatable bonds is 8. The molecule has 1 aromatic carbocycles. The number of carbonyl (C=O) groups is 1. The van der Waals surface area contributed by atoms with Crippen molar-refractivity contribution in [3.8, 4) is 0 Å². The van der Waals surface area contributed by atoms with Gasteiger partial charge >= 0.3 is 0 Å². The first-order valence-corrected chi connectivity index (χ1v) is 10.1. The average molecular weight is 369 g/mol. The fourth-order valence-corrected chi connectivity index (χ4v) is 4.00. The van der Waals surface area contributed by atoms with Gasteiger partial charge in [0.2, 0.25) is 5.91 Å². The lowest BCUT2D eigenvalue weighted by Gasteiger charge is -2.35. The standard InChI is InChI=1S/C22H32N4O/c1-19-7-3-4-9-21(19)10-15-25-13-5-8-20(18-25)17-24(2)22(27)11-16-26-14-6-12-23-26/h3-4,6-7,9,12,14,20H,5,8,10-11,13,15-18H2,1-2H3/t20-/m1/s1. The SMILES string of the molecule is Cc1ccccc1CCN1CCC[C@H](CN(C)C(=O)CCn2cccn2)C1. The Bertz CT molecular complexity index is 713. The number of hydrogen-bond donors (Lipinski definition) is 0. The minimum Gasteiger partial charge on any atom is -0.345 e. The molecule has 0 radical (unpaired) electrons. The molecule has 0 aliphatic carbocycles. The van der Waals surface area contributed by atoms with E-state index in [-0.39, 0.29) is 5.91 Å². The Hall–Kier alpha value is -2.14. The van der Waals surface area contributed by atoms with Crippen LogP contribution in [0, 0.1) is 12.8 Å².